The number of nitrogens with zero attached hydrogens (tertiary/aromatic N) is 2. The normalized spacial score (nSPS) is 12.1. The highest BCUT2D eigenvalue weighted by molar-refractivity contribution is 5.35. The third-order valence-corrected chi connectivity index (χ3v) is 3.94. The van der Waals surface area contributed by atoms with Gasteiger partial charge in [-0.3, -0.25) is 0 Å². The zero-order chi connectivity index (χ0) is 16.2. The van der Waals surface area contributed by atoms with E-state index in [2.05, 4.69) is 55.5 Å². The minimum absolute atomic E-state index is 0.273. The largest absolute Gasteiger partial charge is 0.493 e. The van der Waals surface area contributed by atoms with Gasteiger partial charge in [-0.05, 0) is 49.7 Å². The molecule has 0 aliphatic carbocycles. The van der Waals surface area contributed by atoms with Gasteiger partial charge in [-0.2, -0.15) is 5.10 Å². The van der Waals surface area contributed by atoms with E-state index in [0.29, 0.717) is 6.61 Å². The molecule has 117 valence electrons. The maximum atomic E-state index is 5.84. The van der Waals surface area contributed by atoms with E-state index in [1.54, 1.807) is 0 Å². The van der Waals surface area contributed by atoms with Crippen molar-refractivity contribution < 1.29 is 4.74 Å². The molecule has 0 aliphatic rings. The average molecular weight is 305 g/mol. The van der Waals surface area contributed by atoms with E-state index in [1.165, 1.54) is 11.1 Å². The molecule has 0 amide bonds. The summed E-state index contributed by atoms with van der Waals surface area (Å²) < 4.78 is 7.78. The lowest BCUT2D eigenvalue weighted by Gasteiger charge is -2.12. The molecule has 0 bridgehead atoms. The van der Waals surface area contributed by atoms with E-state index in [-0.39, 0.29) is 5.92 Å². The average Bonchev–Trinajstić information content (AvgIpc) is 2.96. The van der Waals surface area contributed by atoms with Gasteiger partial charge in [0.05, 0.1) is 18.0 Å². The Labute approximate surface area is 137 Å². The lowest BCUT2D eigenvalue weighted by molar-refractivity contribution is 0.295. The van der Waals surface area contributed by atoms with Crippen LogP contribution in [0.1, 0.15) is 29.7 Å². The molecule has 0 spiro atoms. The number of aromatic nitrogens is 2. The Morgan fingerprint density at radius 1 is 1.17 bits per heavy atom. The molecule has 1 heterocycles. The van der Waals surface area contributed by atoms with Gasteiger partial charge < -0.3 is 4.74 Å². The Morgan fingerprint density at radius 3 is 2.65 bits per heavy atom. The number of benzene rings is 2. The van der Waals surface area contributed by atoms with Crippen LogP contribution in [0.3, 0.4) is 0 Å². The predicted octanol–water partition coefficient (Wildman–Crippen LogP) is 4.47. The van der Waals surface area contributed by atoms with Gasteiger partial charge >= 0.3 is 0 Å². The van der Waals surface area contributed by atoms with Crippen molar-refractivity contribution in [3.63, 3.8) is 0 Å². The molecule has 0 aliphatic heterocycles. The second-order valence-electron chi connectivity index (χ2n) is 5.90. The first-order chi connectivity index (χ1) is 11.1. The molecule has 3 heteroatoms. The van der Waals surface area contributed by atoms with E-state index < -0.39 is 0 Å². The van der Waals surface area contributed by atoms with Crippen molar-refractivity contribution >= 4 is 0 Å². The zero-order valence-corrected chi connectivity index (χ0v) is 13.8. The smallest absolute Gasteiger partial charge is 0.119 e. The summed E-state index contributed by atoms with van der Waals surface area (Å²) in [6.07, 6.45) is 2.10. The number of hydrogen-bond donors (Lipinski definition) is 0. The highest BCUT2D eigenvalue weighted by Crippen LogP contribution is 2.22. The Hall–Kier alpha value is -2.55. The summed E-state index contributed by atoms with van der Waals surface area (Å²) in [5.41, 5.74) is 4.58. The van der Waals surface area contributed by atoms with Gasteiger partial charge in [0.1, 0.15) is 5.75 Å². The number of ether oxygens (including phenoxy) is 1. The third-order valence-electron chi connectivity index (χ3n) is 3.94. The first kappa shape index (κ1) is 15.3. The summed E-state index contributed by atoms with van der Waals surface area (Å²) >= 11 is 0. The van der Waals surface area contributed by atoms with E-state index >= 15 is 0 Å². The van der Waals surface area contributed by atoms with Gasteiger partial charge in [-0.15, -0.1) is 0 Å². The quantitative estimate of drug-likeness (QED) is 0.695. The molecular weight excluding hydrogens is 284 g/mol. The van der Waals surface area contributed by atoms with E-state index in [4.69, 9.17) is 4.74 Å². The van der Waals surface area contributed by atoms with Gasteiger partial charge in [-0.1, -0.05) is 36.8 Å². The fraction of sp³-hybridized carbons (Fsp3) is 0.250. The van der Waals surface area contributed by atoms with Crippen molar-refractivity contribution in [2.75, 3.05) is 6.61 Å². The first-order valence-electron chi connectivity index (χ1n) is 7.85. The van der Waals surface area contributed by atoms with Gasteiger partial charge in [-0.25, -0.2) is 4.68 Å². The number of hydrogen-bond acceptors (Lipinski definition) is 2. The maximum Gasteiger partial charge on any atom is 0.119 e. The van der Waals surface area contributed by atoms with Crippen LogP contribution in [0.15, 0.2) is 54.7 Å². The zero-order valence-electron chi connectivity index (χ0n) is 13.8. The van der Waals surface area contributed by atoms with Crippen LogP contribution in [0.25, 0.3) is 5.69 Å². The minimum atomic E-state index is 0.273. The van der Waals surface area contributed by atoms with Crippen molar-refractivity contribution in [2.45, 2.75) is 26.7 Å². The lowest BCUT2D eigenvalue weighted by atomic mass is 10.0. The first-order valence-corrected chi connectivity index (χ1v) is 7.85. The SMILES string of the molecule is Cc1ccc(-n2cc(C(C)COc3c[c]ccc3)c(C)n2)cc1. The van der Waals surface area contributed by atoms with Crippen LogP contribution in [0.4, 0.5) is 0 Å². The lowest BCUT2D eigenvalue weighted by Crippen LogP contribution is -2.07. The molecule has 1 aromatic heterocycles. The topological polar surface area (TPSA) is 27.1 Å². The van der Waals surface area contributed by atoms with Crippen LogP contribution in [0, 0.1) is 19.9 Å². The molecule has 1 radical (unpaired) electrons. The van der Waals surface area contributed by atoms with Crippen LogP contribution in [0.2, 0.25) is 0 Å². The monoisotopic (exact) mass is 305 g/mol. The van der Waals surface area contributed by atoms with Crippen LogP contribution >= 0.6 is 0 Å². The van der Waals surface area contributed by atoms with Crippen molar-refractivity contribution in [3.05, 3.63) is 77.6 Å². The summed E-state index contributed by atoms with van der Waals surface area (Å²) in [7, 11) is 0. The van der Waals surface area contributed by atoms with Crippen LogP contribution < -0.4 is 4.74 Å². The molecule has 3 nitrogen and oxygen atoms in total. The van der Waals surface area contributed by atoms with Gasteiger partial charge in [0.25, 0.3) is 0 Å². The molecule has 1 unspecified atom stereocenters. The predicted molar refractivity (Wildman–Crippen MR) is 92.2 cm³/mol. The molecule has 3 aromatic rings. The summed E-state index contributed by atoms with van der Waals surface area (Å²) in [6.45, 7) is 6.92. The Balaban J connectivity index is 1.73. The second kappa shape index (κ2) is 6.69. The standard InChI is InChI=1S/C20H21N2O/c1-15-9-11-18(12-10-15)22-13-20(17(3)21-22)16(2)14-23-19-7-5-4-6-8-19/h4-5,7-13,16H,14H2,1-3H3. The maximum absolute atomic E-state index is 5.84. The van der Waals surface area contributed by atoms with Crippen LogP contribution in [-0.2, 0) is 0 Å². The fourth-order valence-corrected chi connectivity index (χ4v) is 2.56. The van der Waals surface area contributed by atoms with Crippen molar-refractivity contribution in [2.24, 2.45) is 0 Å². The second-order valence-corrected chi connectivity index (χ2v) is 5.90. The Morgan fingerprint density at radius 2 is 1.96 bits per heavy atom. The Bertz CT molecular complexity index is 760. The number of rotatable bonds is 5. The molecule has 0 N–H and O–H groups in total. The molecular formula is C20H21N2O. The van der Waals surface area contributed by atoms with Crippen LogP contribution in [0.5, 0.6) is 5.75 Å². The highest BCUT2D eigenvalue weighted by atomic mass is 16.5. The summed E-state index contributed by atoms with van der Waals surface area (Å²) in [6, 6.07) is 19.0. The Kier molecular flexibility index (Phi) is 4.47. The van der Waals surface area contributed by atoms with Crippen molar-refractivity contribution in [3.8, 4) is 11.4 Å². The van der Waals surface area contributed by atoms with E-state index in [9.17, 15) is 0 Å². The van der Waals surface area contributed by atoms with Gasteiger partial charge in [0, 0.05) is 12.1 Å². The third kappa shape index (κ3) is 3.62. The molecule has 23 heavy (non-hydrogen) atoms. The minimum Gasteiger partial charge on any atom is -0.493 e. The number of aryl methyl sites for hydroxylation is 2. The van der Waals surface area contributed by atoms with Gasteiger partial charge in [0.15, 0.2) is 0 Å². The van der Waals surface area contributed by atoms with Crippen molar-refractivity contribution in [1.82, 2.24) is 9.78 Å². The van der Waals surface area contributed by atoms with Crippen molar-refractivity contribution in [1.29, 1.82) is 0 Å². The summed E-state index contributed by atoms with van der Waals surface area (Å²) in [4.78, 5) is 0. The summed E-state index contributed by atoms with van der Waals surface area (Å²) in [5.74, 6) is 1.12. The molecule has 0 saturated carbocycles. The molecule has 1 atom stereocenters. The molecule has 0 saturated heterocycles. The van der Waals surface area contributed by atoms with E-state index in [0.717, 1.165) is 17.1 Å². The molecule has 3 rings (SSSR count). The summed E-state index contributed by atoms with van der Waals surface area (Å²) in [5, 5.41) is 4.64. The van der Waals surface area contributed by atoms with Gasteiger partial charge in [0.2, 0.25) is 0 Å². The van der Waals surface area contributed by atoms with E-state index in [1.807, 2.05) is 35.9 Å². The molecule has 0 fully saturated rings. The highest BCUT2D eigenvalue weighted by Gasteiger charge is 2.14. The van der Waals surface area contributed by atoms with Crippen LogP contribution in [-0.4, -0.2) is 16.4 Å². The molecule has 2 aromatic carbocycles. The fourth-order valence-electron chi connectivity index (χ4n) is 2.56.